The second-order valence-corrected chi connectivity index (χ2v) is 4.06. The molecule has 1 rings (SSSR count). The summed E-state index contributed by atoms with van der Waals surface area (Å²) in [6, 6.07) is 0. The topological polar surface area (TPSA) is 64.7 Å². The number of aliphatic hydroxyl groups is 1. The van der Waals surface area contributed by atoms with Gasteiger partial charge in [-0.25, -0.2) is 0 Å². The van der Waals surface area contributed by atoms with Gasteiger partial charge >= 0.3 is 0 Å². The lowest BCUT2D eigenvalue weighted by molar-refractivity contribution is -0.129. The van der Waals surface area contributed by atoms with Crippen molar-refractivity contribution in [3.63, 3.8) is 0 Å². The predicted octanol–water partition coefficient (Wildman–Crippen LogP) is 0.139. The van der Waals surface area contributed by atoms with Crippen molar-refractivity contribution in [1.82, 2.24) is 0 Å². The van der Waals surface area contributed by atoms with E-state index < -0.39 is 6.10 Å². The smallest absolute Gasteiger partial charge is 0.0895 e. The molecule has 14 heavy (non-hydrogen) atoms. The minimum atomic E-state index is -0.523. The summed E-state index contributed by atoms with van der Waals surface area (Å²) in [5.74, 6) is 0. The third-order valence-electron chi connectivity index (χ3n) is 2.93. The third-order valence-corrected chi connectivity index (χ3v) is 2.93. The average molecular weight is 203 g/mol. The van der Waals surface area contributed by atoms with Crippen molar-refractivity contribution in [3.05, 3.63) is 0 Å². The van der Waals surface area contributed by atoms with Gasteiger partial charge in [0.1, 0.15) is 0 Å². The van der Waals surface area contributed by atoms with E-state index in [4.69, 9.17) is 20.3 Å². The van der Waals surface area contributed by atoms with Crippen LogP contribution in [-0.4, -0.2) is 44.2 Å². The van der Waals surface area contributed by atoms with Gasteiger partial charge in [-0.15, -0.1) is 0 Å². The monoisotopic (exact) mass is 203 g/mol. The molecule has 3 N–H and O–H groups in total. The normalized spacial score (nSPS) is 21.6. The summed E-state index contributed by atoms with van der Waals surface area (Å²) >= 11 is 0. The highest BCUT2D eigenvalue weighted by Gasteiger charge is 2.36. The Morgan fingerprint density at radius 1 is 1.57 bits per heavy atom. The van der Waals surface area contributed by atoms with Crippen LogP contribution in [0, 0.1) is 5.41 Å². The van der Waals surface area contributed by atoms with Gasteiger partial charge in [-0.2, -0.15) is 0 Å². The van der Waals surface area contributed by atoms with Crippen LogP contribution in [0.15, 0.2) is 0 Å². The molecule has 0 saturated carbocycles. The van der Waals surface area contributed by atoms with Crippen LogP contribution in [0.2, 0.25) is 0 Å². The van der Waals surface area contributed by atoms with Crippen molar-refractivity contribution in [1.29, 1.82) is 0 Å². The fourth-order valence-corrected chi connectivity index (χ4v) is 1.49. The summed E-state index contributed by atoms with van der Waals surface area (Å²) in [7, 11) is 0. The molecule has 84 valence electrons. The number of rotatable bonds is 7. The maximum Gasteiger partial charge on any atom is 0.0895 e. The second-order valence-electron chi connectivity index (χ2n) is 4.06. The highest BCUT2D eigenvalue weighted by molar-refractivity contribution is 4.83. The van der Waals surface area contributed by atoms with E-state index in [9.17, 15) is 0 Å². The molecule has 1 aliphatic heterocycles. The zero-order valence-corrected chi connectivity index (χ0v) is 8.87. The number of hydrogen-bond donors (Lipinski definition) is 2. The molecule has 1 aliphatic rings. The molecule has 1 atom stereocenters. The largest absolute Gasteiger partial charge is 0.389 e. The fraction of sp³-hybridized carbons (Fsp3) is 1.00. The summed E-state index contributed by atoms with van der Waals surface area (Å²) in [5.41, 5.74) is 5.59. The van der Waals surface area contributed by atoms with Crippen LogP contribution in [0.4, 0.5) is 0 Å². The first-order valence-electron chi connectivity index (χ1n) is 5.26. The fourth-order valence-electron chi connectivity index (χ4n) is 1.49. The summed E-state index contributed by atoms with van der Waals surface area (Å²) in [4.78, 5) is 0. The summed E-state index contributed by atoms with van der Waals surface area (Å²) in [5, 5.41) is 9.14. The molecule has 0 aromatic carbocycles. The van der Waals surface area contributed by atoms with E-state index in [1.54, 1.807) is 0 Å². The standard InChI is InChI=1S/C10H21NO3/c1-2-10(7-14-8-10)3-4-13-6-9(12)5-11/h9,12H,2-8,11H2,1H3. The Morgan fingerprint density at radius 2 is 2.29 bits per heavy atom. The van der Waals surface area contributed by atoms with Gasteiger partial charge < -0.3 is 20.3 Å². The van der Waals surface area contributed by atoms with Crippen molar-refractivity contribution in [2.24, 2.45) is 11.1 Å². The Balaban J connectivity index is 2.03. The molecule has 1 saturated heterocycles. The summed E-state index contributed by atoms with van der Waals surface area (Å²) in [6.07, 6.45) is 1.63. The molecular formula is C10H21NO3. The molecule has 1 unspecified atom stereocenters. The molecule has 0 radical (unpaired) electrons. The molecule has 4 nitrogen and oxygen atoms in total. The Morgan fingerprint density at radius 3 is 2.71 bits per heavy atom. The lowest BCUT2D eigenvalue weighted by atomic mass is 9.80. The number of nitrogens with two attached hydrogens (primary N) is 1. The highest BCUT2D eigenvalue weighted by Crippen LogP contribution is 2.34. The molecular weight excluding hydrogens is 182 g/mol. The van der Waals surface area contributed by atoms with Gasteiger partial charge in [0.05, 0.1) is 25.9 Å². The average Bonchev–Trinajstić information content (AvgIpc) is 2.15. The van der Waals surface area contributed by atoms with Crippen molar-refractivity contribution in [3.8, 4) is 0 Å². The first kappa shape index (κ1) is 11.9. The predicted molar refractivity (Wildman–Crippen MR) is 54.0 cm³/mol. The van der Waals surface area contributed by atoms with Crippen LogP contribution in [0.5, 0.6) is 0 Å². The molecule has 0 amide bonds. The maximum absolute atomic E-state index is 9.14. The lowest BCUT2D eigenvalue weighted by Gasteiger charge is -2.40. The molecule has 1 heterocycles. The molecule has 0 spiro atoms. The lowest BCUT2D eigenvalue weighted by Crippen LogP contribution is -2.43. The van der Waals surface area contributed by atoms with E-state index in [2.05, 4.69) is 6.92 Å². The van der Waals surface area contributed by atoms with Gasteiger partial charge in [-0.1, -0.05) is 6.92 Å². The van der Waals surface area contributed by atoms with Gasteiger partial charge in [0.25, 0.3) is 0 Å². The van der Waals surface area contributed by atoms with Crippen LogP contribution in [-0.2, 0) is 9.47 Å². The quantitative estimate of drug-likeness (QED) is 0.578. The molecule has 0 bridgehead atoms. The molecule has 1 fully saturated rings. The Hall–Kier alpha value is -0.160. The van der Waals surface area contributed by atoms with Gasteiger partial charge in [0.2, 0.25) is 0 Å². The van der Waals surface area contributed by atoms with E-state index in [1.165, 1.54) is 0 Å². The van der Waals surface area contributed by atoms with Crippen LogP contribution in [0.1, 0.15) is 19.8 Å². The zero-order valence-electron chi connectivity index (χ0n) is 8.87. The molecule has 4 heteroatoms. The van der Waals surface area contributed by atoms with Gasteiger partial charge in [-0.3, -0.25) is 0 Å². The van der Waals surface area contributed by atoms with E-state index in [0.29, 0.717) is 18.6 Å². The minimum absolute atomic E-state index is 0.266. The van der Waals surface area contributed by atoms with E-state index in [-0.39, 0.29) is 6.54 Å². The first-order chi connectivity index (χ1) is 6.72. The van der Waals surface area contributed by atoms with E-state index in [1.807, 2.05) is 0 Å². The molecule has 0 aromatic heterocycles. The Bertz CT molecular complexity index is 154. The van der Waals surface area contributed by atoms with Gasteiger partial charge in [0, 0.05) is 18.6 Å². The Labute approximate surface area is 85.4 Å². The zero-order chi connectivity index (χ0) is 10.4. The first-order valence-corrected chi connectivity index (χ1v) is 5.26. The van der Waals surface area contributed by atoms with Crippen LogP contribution < -0.4 is 5.73 Å². The van der Waals surface area contributed by atoms with Crippen LogP contribution >= 0.6 is 0 Å². The van der Waals surface area contributed by atoms with Crippen LogP contribution in [0.25, 0.3) is 0 Å². The number of aliphatic hydroxyl groups excluding tert-OH is 1. The van der Waals surface area contributed by atoms with E-state index >= 15 is 0 Å². The SMILES string of the molecule is CCC1(CCOCC(O)CN)COC1. The second kappa shape index (κ2) is 5.66. The van der Waals surface area contributed by atoms with Crippen LogP contribution in [0.3, 0.4) is 0 Å². The van der Waals surface area contributed by atoms with Gasteiger partial charge in [0.15, 0.2) is 0 Å². The van der Waals surface area contributed by atoms with E-state index in [0.717, 1.165) is 26.1 Å². The van der Waals surface area contributed by atoms with Gasteiger partial charge in [-0.05, 0) is 12.8 Å². The van der Waals surface area contributed by atoms with Crippen molar-refractivity contribution in [2.75, 3.05) is 33.0 Å². The number of hydrogen-bond acceptors (Lipinski definition) is 4. The minimum Gasteiger partial charge on any atom is -0.389 e. The van der Waals surface area contributed by atoms with Crippen molar-refractivity contribution in [2.45, 2.75) is 25.9 Å². The number of ether oxygens (including phenoxy) is 2. The van der Waals surface area contributed by atoms with Crippen molar-refractivity contribution >= 4 is 0 Å². The Kier molecular flexibility index (Phi) is 4.81. The van der Waals surface area contributed by atoms with Crippen molar-refractivity contribution < 1.29 is 14.6 Å². The highest BCUT2D eigenvalue weighted by atomic mass is 16.5. The summed E-state index contributed by atoms with van der Waals surface area (Å²) in [6.45, 7) is 5.18. The maximum atomic E-state index is 9.14. The summed E-state index contributed by atoms with van der Waals surface area (Å²) < 4.78 is 10.5. The molecule has 0 aliphatic carbocycles. The molecule has 0 aromatic rings. The third kappa shape index (κ3) is 3.20.